The van der Waals surface area contributed by atoms with Gasteiger partial charge in [-0.3, -0.25) is 0 Å². The first-order valence-corrected chi connectivity index (χ1v) is 4.22. The summed E-state index contributed by atoms with van der Waals surface area (Å²) in [6.45, 7) is 2.19. The molecule has 0 aromatic rings. The van der Waals surface area contributed by atoms with Gasteiger partial charge < -0.3 is 0 Å². The maximum absolute atomic E-state index is 5.46. The van der Waals surface area contributed by atoms with Gasteiger partial charge >= 0.3 is 0 Å². The Morgan fingerprint density at radius 3 is 2.43 bits per heavy atom. The van der Waals surface area contributed by atoms with Crippen LogP contribution in [0.4, 0.5) is 0 Å². The smallest absolute Gasteiger partial charge is 0.0233 e. The zero-order valence-corrected chi connectivity index (χ0v) is 6.35. The average Bonchev–Trinajstić information content (AvgIpc) is 1.68. The number of alkyl halides is 1. The molecule has 44 valence electrons. The lowest BCUT2D eigenvalue weighted by atomic mass is 10.4. The van der Waals surface area contributed by atoms with Crippen LogP contribution in [0.2, 0.25) is 0 Å². The van der Waals surface area contributed by atoms with Gasteiger partial charge in [0.1, 0.15) is 0 Å². The number of thioether (sulfide) groups is 1. The van der Waals surface area contributed by atoms with Crippen molar-refractivity contribution < 1.29 is 0 Å². The zero-order chi connectivity index (χ0) is 5.70. The fraction of sp³-hybridized carbons (Fsp3) is 1.00. The van der Waals surface area contributed by atoms with Gasteiger partial charge in [-0.25, -0.2) is 0 Å². The SMILES string of the molecule is CSC(C)CCCl. The highest BCUT2D eigenvalue weighted by Crippen LogP contribution is 2.09. The molecule has 0 heterocycles. The molecule has 0 amide bonds. The van der Waals surface area contributed by atoms with E-state index in [0.717, 1.165) is 17.6 Å². The predicted molar refractivity (Wildman–Crippen MR) is 38.3 cm³/mol. The quantitative estimate of drug-likeness (QED) is 0.540. The maximum Gasteiger partial charge on any atom is 0.0233 e. The molecule has 0 radical (unpaired) electrons. The third-order valence-electron chi connectivity index (χ3n) is 0.918. The van der Waals surface area contributed by atoms with Gasteiger partial charge in [-0.1, -0.05) is 6.92 Å². The van der Waals surface area contributed by atoms with Crippen molar-refractivity contribution in [2.45, 2.75) is 18.6 Å². The molecule has 0 aromatic heterocycles. The molecule has 0 rings (SSSR count). The molecule has 0 nitrogen and oxygen atoms in total. The fourth-order valence-electron chi connectivity index (χ4n) is 0.272. The van der Waals surface area contributed by atoms with E-state index in [-0.39, 0.29) is 0 Å². The van der Waals surface area contributed by atoms with Crippen molar-refractivity contribution >= 4 is 23.4 Å². The van der Waals surface area contributed by atoms with Gasteiger partial charge in [0.2, 0.25) is 0 Å². The van der Waals surface area contributed by atoms with Crippen molar-refractivity contribution in [1.82, 2.24) is 0 Å². The predicted octanol–water partition coefficient (Wildman–Crippen LogP) is 2.37. The molecule has 0 saturated heterocycles. The van der Waals surface area contributed by atoms with Crippen molar-refractivity contribution in [3.05, 3.63) is 0 Å². The van der Waals surface area contributed by atoms with Crippen molar-refractivity contribution in [3.63, 3.8) is 0 Å². The largest absolute Gasteiger partial charge is 0.162 e. The lowest BCUT2D eigenvalue weighted by Gasteiger charge is -2.01. The van der Waals surface area contributed by atoms with E-state index < -0.39 is 0 Å². The molecule has 0 aliphatic rings. The van der Waals surface area contributed by atoms with Crippen LogP contribution in [0.25, 0.3) is 0 Å². The minimum absolute atomic E-state index is 0.734. The second-order valence-corrected chi connectivity index (χ2v) is 3.18. The van der Waals surface area contributed by atoms with Gasteiger partial charge in [0.25, 0.3) is 0 Å². The minimum atomic E-state index is 0.734. The van der Waals surface area contributed by atoms with Crippen LogP contribution in [-0.2, 0) is 0 Å². The van der Waals surface area contributed by atoms with Gasteiger partial charge in [0.05, 0.1) is 0 Å². The van der Waals surface area contributed by atoms with E-state index in [1.807, 2.05) is 11.8 Å². The van der Waals surface area contributed by atoms with E-state index in [1.165, 1.54) is 0 Å². The molecule has 0 spiro atoms. The van der Waals surface area contributed by atoms with Gasteiger partial charge in [-0.05, 0) is 12.7 Å². The third-order valence-corrected chi connectivity index (χ3v) is 2.18. The second-order valence-electron chi connectivity index (χ2n) is 1.52. The highest BCUT2D eigenvalue weighted by Gasteiger charge is 1.94. The van der Waals surface area contributed by atoms with Crippen LogP contribution < -0.4 is 0 Å². The Labute approximate surface area is 54.6 Å². The van der Waals surface area contributed by atoms with Crippen LogP contribution in [0.1, 0.15) is 13.3 Å². The Hall–Kier alpha value is 0.640. The normalized spacial score (nSPS) is 14.1. The summed E-state index contributed by atoms with van der Waals surface area (Å²) in [7, 11) is 0. The molecule has 0 aliphatic heterocycles. The summed E-state index contributed by atoms with van der Waals surface area (Å²) in [6, 6.07) is 0. The van der Waals surface area contributed by atoms with Crippen molar-refractivity contribution in [2.24, 2.45) is 0 Å². The Balaban J connectivity index is 2.83. The van der Waals surface area contributed by atoms with Gasteiger partial charge in [-0.15, -0.1) is 11.6 Å². The van der Waals surface area contributed by atoms with Crippen LogP contribution in [0.3, 0.4) is 0 Å². The summed E-state index contributed by atoms with van der Waals surface area (Å²) in [5.74, 6) is 0.794. The first-order chi connectivity index (χ1) is 3.31. The average molecular weight is 139 g/mol. The van der Waals surface area contributed by atoms with Crippen LogP contribution in [0.15, 0.2) is 0 Å². The maximum atomic E-state index is 5.46. The number of halogens is 1. The zero-order valence-electron chi connectivity index (χ0n) is 4.78. The van der Waals surface area contributed by atoms with Crippen molar-refractivity contribution in [2.75, 3.05) is 12.1 Å². The lowest BCUT2D eigenvalue weighted by molar-refractivity contribution is 0.916. The summed E-state index contributed by atoms with van der Waals surface area (Å²) in [6.07, 6.45) is 3.24. The lowest BCUT2D eigenvalue weighted by Crippen LogP contribution is -1.93. The van der Waals surface area contributed by atoms with E-state index in [0.29, 0.717) is 0 Å². The van der Waals surface area contributed by atoms with Gasteiger partial charge in [0, 0.05) is 11.1 Å². The molecule has 0 fully saturated rings. The minimum Gasteiger partial charge on any atom is -0.162 e. The molecular formula is C5H11ClS. The number of hydrogen-bond acceptors (Lipinski definition) is 1. The highest BCUT2D eigenvalue weighted by atomic mass is 35.5. The summed E-state index contributed by atoms with van der Waals surface area (Å²) >= 11 is 7.33. The summed E-state index contributed by atoms with van der Waals surface area (Å²) < 4.78 is 0. The highest BCUT2D eigenvalue weighted by molar-refractivity contribution is 7.99. The molecule has 0 saturated carbocycles. The van der Waals surface area contributed by atoms with Crippen LogP contribution in [-0.4, -0.2) is 17.4 Å². The molecular weight excluding hydrogens is 128 g/mol. The Kier molecular flexibility index (Phi) is 5.23. The van der Waals surface area contributed by atoms with E-state index in [9.17, 15) is 0 Å². The Morgan fingerprint density at radius 2 is 2.29 bits per heavy atom. The van der Waals surface area contributed by atoms with Crippen LogP contribution in [0, 0.1) is 0 Å². The fourth-order valence-corrected chi connectivity index (χ4v) is 1.08. The molecule has 2 heteroatoms. The van der Waals surface area contributed by atoms with Gasteiger partial charge in [-0.2, -0.15) is 11.8 Å². The summed E-state index contributed by atoms with van der Waals surface area (Å²) in [4.78, 5) is 0. The Morgan fingerprint density at radius 1 is 1.71 bits per heavy atom. The van der Waals surface area contributed by atoms with E-state index in [1.54, 1.807) is 0 Å². The van der Waals surface area contributed by atoms with E-state index in [2.05, 4.69) is 13.2 Å². The molecule has 1 atom stereocenters. The topological polar surface area (TPSA) is 0 Å². The first kappa shape index (κ1) is 7.64. The second kappa shape index (κ2) is 4.79. The molecule has 7 heavy (non-hydrogen) atoms. The molecule has 1 unspecified atom stereocenters. The summed E-state index contributed by atoms with van der Waals surface area (Å²) in [5.41, 5.74) is 0. The van der Waals surface area contributed by atoms with Crippen molar-refractivity contribution in [1.29, 1.82) is 0 Å². The standard InChI is InChI=1S/C5H11ClS/c1-5(7-2)3-4-6/h5H,3-4H2,1-2H3. The Bertz CT molecular complexity index is 39.1. The molecule has 0 bridgehead atoms. The van der Waals surface area contributed by atoms with E-state index >= 15 is 0 Å². The molecule has 0 aromatic carbocycles. The van der Waals surface area contributed by atoms with Crippen molar-refractivity contribution in [3.8, 4) is 0 Å². The first-order valence-electron chi connectivity index (χ1n) is 2.40. The van der Waals surface area contributed by atoms with Crippen LogP contribution in [0.5, 0.6) is 0 Å². The number of rotatable bonds is 3. The molecule has 0 N–H and O–H groups in total. The van der Waals surface area contributed by atoms with Crippen LogP contribution >= 0.6 is 23.4 Å². The summed E-state index contributed by atoms with van der Waals surface area (Å²) in [5, 5.41) is 0.734. The molecule has 0 aliphatic carbocycles. The monoisotopic (exact) mass is 138 g/mol. The van der Waals surface area contributed by atoms with E-state index in [4.69, 9.17) is 11.6 Å². The van der Waals surface area contributed by atoms with Gasteiger partial charge in [0.15, 0.2) is 0 Å². The number of hydrogen-bond donors (Lipinski definition) is 0. The third kappa shape index (κ3) is 4.49.